The third-order valence-corrected chi connectivity index (χ3v) is 8.34. The molecule has 2 aromatic rings. The average Bonchev–Trinajstić information content (AvgIpc) is 3.03. The number of benzene rings is 2. The SMILES string of the molecule is CCOC(=O)CNC(=O)C(=O)[C@H](COCc1ccccc1)NC(=O)[C@H](CC1CCCCC1)NC(=O)c1cc(SC)ccc1Cl. The Labute approximate surface area is 267 Å². The van der Waals surface area contributed by atoms with Crippen LogP contribution in [0.4, 0.5) is 0 Å². The Morgan fingerprint density at radius 2 is 1.70 bits per heavy atom. The fourth-order valence-electron chi connectivity index (χ4n) is 4.96. The Balaban J connectivity index is 1.78. The van der Waals surface area contributed by atoms with Gasteiger partial charge in [0, 0.05) is 4.90 Å². The van der Waals surface area contributed by atoms with Gasteiger partial charge >= 0.3 is 5.97 Å². The van der Waals surface area contributed by atoms with Crippen molar-refractivity contribution in [2.75, 3.05) is 26.0 Å². The van der Waals surface area contributed by atoms with E-state index in [0.29, 0.717) is 6.42 Å². The first-order valence-electron chi connectivity index (χ1n) is 14.8. The zero-order valence-electron chi connectivity index (χ0n) is 25.1. The molecule has 44 heavy (non-hydrogen) atoms. The van der Waals surface area contributed by atoms with Crippen LogP contribution in [0.2, 0.25) is 5.02 Å². The largest absolute Gasteiger partial charge is 0.465 e. The van der Waals surface area contributed by atoms with Gasteiger partial charge < -0.3 is 25.4 Å². The van der Waals surface area contributed by atoms with Crippen LogP contribution in [0.15, 0.2) is 53.4 Å². The van der Waals surface area contributed by atoms with Crippen LogP contribution < -0.4 is 16.0 Å². The summed E-state index contributed by atoms with van der Waals surface area (Å²) in [7, 11) is 0. The third kappa shape index (κ3) is 11.3. The van der Waals surface area contributed by atoms with Gasteiger partial charge in [-0.15, -0.1) is 11.8 Å². The minimum absolute atomic E-state index is 0.121. The lowest BCUT2D eigenvalue weighted by molar-refractivity contribution is -0.146. The molecule has 0 heterocycles. The molecule has 0 saturated heterocycles. The second-order valence-electron chi connectivity index (χ2n) is 10.5. The molecule has 0 unspecified atom stereocenters. The molecule has 10 nitrogen and oxygen atoms in total. The summed E-state index contributed by atoms with van der Waals surface area (Å²) in [5, 5.41) is 7.95. The first-order valence-corrected chi connectivity index (χ1v) is 16.4. The highest BCUT2D eigenvalue weighted by Gasteiger charge is 2.32. The Morgan fingerprint density at radius 1 is 0.977 bits per heavy atom. The van der Waals surface area contributed by atoms with Crippen molar-refractivity contribution in [1.29, 1.82) is 0 Å². The predicted octanol–water partition coefficient (Wildman–Crippen LogP) is 4.08. The van der Waals surface area contributed by atoms with Crippen molar-refractivity contribution in [2.45, 2.75) is 69.0 Å². The topological polar surface area (TPSA) is 140 Å². The van der Waals surface area contributed by atoms with Crippen LogP contribution in [0, 0.1) is 5.92 Å². The van der Waals surface area contributed by atoms with E-state index in [0.717, 1.165) is 42.6 Å². The van der Waals surface area contributed by atoms with Crippen LogP contribution in [-0.4, -0.2) is 67.6 Å². The van der Waals surface area contributed by atoms with Gasteiger partial charge in [0.05, 0.1) is 30.4 Å². The summed E-state index contributed by atoms with van der Waals surface area (Å²) in [6.07, 6.45) is 7.26. The fourth-order valence-corrected chi connectivity index (χ4v) is 5.61. The predicted molar refractivity (Wildman–Crippen MR) is 168 cm³/mol. The van der Waals surface area contributed by atoms with E-state index in [1.165, 1.54) is 11.8 Å². The molecule has 1 aliphatic carbocycles. The Kier molecular flexibility index (Phi) is 14.7. The molecule has 0 aromatic heterocycles. The van der Waals surface area contributed by atoms with E-state index in [1.807, 2.05) is 36.6 Å². The molecule has 1 fully saturated rings. The molecule has 0 spiro atoms. The minimum atomic E-state index is -1.37. The van der Waals surface area contributed by atoms with Gasteiger partial charge in [-0.05, 0) is 49.3 Å². The Bertz CT molecular complexity index is 1290. The average molecular weight is 646 g/mol. The summed E-state index contributed by atoms with van der Waals surface area (Å²) in [5.74, 6) is -3.70. The van der Waals surface area contributed by atoms with Gasteiger partial charge in [0.15, 0.2) is 0 Å². The second kappa shape index (κ2) is 18.4. The van der Waals surface area contributed by atoms with Gasteiger partial charge in [0.2, 0.25) is 11.7 Å². The van der Waals surface area contributed by atoms with E-state index in [9.17, 15) is 24.0 Å². The number of ketones is 1. The third-order valence-electron chi connectivity index (χ3n) is 7.29. The maximum Gasteiger partial charge on any atom is 0.325 e. The summed E-state index contributed by atoms with van der Waals surface area (Å²) in [4.78, 5) is 65.5. The van der Waals surface area contributed by atoms with E-state index in [-0.39, 0.29) is 36.3 Å². The molecule has 238 valence electrons. The monoisotopic (exact) mass is 645 g/mol. The molecule has 1 aliphatic rings. The molecule has 3 amide bonds. The number of carbonyl (C=O) groups excluding carboxylic acids is 5. The van der Waals surface area contributed by atoms with Crippen molar-refractivity contribution < 1.29 is 33.4 Å². The van der Waals surface area contributed by atoms with Gasteiger partial charge in [0.1, 0.15) is 18.6 Å². The van der Waals surface area contributed by atoms with Crippen molar-refractivity contribution in [3.63, 3.8) is 0 Å². The van der Waals surface area contributed by atoms with Crippen LogP contribution in [0.25, 0.3) is 0 Å². The number of amides is 3. The summed E-state index contributed by atoms with van der Waals surface area (Å²) >= 11 is 7.79. The highest BCUT2D eigenvalue weighted by molar-refractivity contribution is 7.98. The number of thioether (sulfide) groups is 1. The summed E-state index contributed by atoms with van der Waals surface area (Å²) in [5.41, 5.74) is 1.07. The molecular formula is C32H40ClN3O7S. The molecule has 3 rings (SSSR count). The number of rotatable bonds is 16. The first-order chi connectivity index (χ1) is 21.2. The molecule has 12 heteroatoms. The van der Waals surface area contributed by atoms with E-state index in [4.69, 9.17) is 21.1 Å². The Morgan fingerprint density at radius 3 is 2.39 bits per heavy atom. The van der Waals surface area contributed by atoms with E-state index >= 15 is 0 Å². The second-order valence-corrected chi connectivity index (χ2v) is 11.8. The maximum atomic E-state index is 13.7. The molecule has 1 saturated carbocycles. The van der Waals surface area contributed by atoms with Gasteiger partial charge in [-0.2, -0.15) is 0 Å². The van der Waals surface area contributed by atoms with Crippen molar-refractivity contribution in [1.82, 2.24) is 16.0 Å². The summed E-state index contributed by atoms with van der Waals surface area (Å²) in [6, 6.07) is 11.9. The van der Waals surface area contributed by atoms with E-state index < -0.39 is 48.1 Å². The highest BCUT2D eigenvalue weighted by atomic mass is 35.5. The lowest BCUT2D eigenvalue weighted by Gasteiger charge is -2.28. The molecular weight excluding hydrogens is 606 g/mol. The van der Waals surface area contributed by atoms with Gasteiger partial charge in [-0.1, -0.05) is 74.0 Å². The summed E-state index contributed by atoms with van der Waals surface area (Å²) in [6.45, 7) is 1.07. The van der Waals surface area contributed by atoms with Gasteiger partial charge in [0.25, 0.3) is 11.8 Å². The van der Waals surface area contributed by atoms with Crippen LogP contribution in [-0.2, 0) is 35.3 Å². The zero-order chi connectivity index (χ0) is 31.9. The van der Waals surface area contributed by atoms with E-state index in [2.05, 4.69) is 16.0 Å². The first kappa shape index (κ1) is 35.1. The summed E-state index contributed by atoms with van der Waals surface area (Å²) < 4.78 is 10.5. The number of hydrogen-bond donors (Lipinski definition) is 3. The molecule has 0 radical (unpaired) electrons. The molecule has 0 bridgehead atoms. The lowest BCUT2D eigenvalue weighted by atomic mass is 9.84. The molecule has 2 aromatic carbocycles. The molecule has 2 atom stereocenters. The van der Waals surface area contributed by atoms with Crippen molar-refractivity contribution in [3.05, 3.63) is 64.7 Å². The van der Waals surface area contributed by atoms with Crippen molar-refractivity contribution in [3.8, 4) is 0 Å². The lowest BCUT2D eigenvalue weighted by Crippen LogP contribution is -2.56. The normalized spacial score (nSPS) is 14.6. The van der Waals surface area contributed by atoms with Crippen molar-refractivity contribution >= 4 is 52.8 Å². The molecule has 0 aliphatic heterocycles. The van der Waals surface area contributed by atoms with Crippen LogP contribution in [0.1, 0.15) is 61.4 Å². The number of hydrogen-bond acceptors (Lipinski definition) is 8. The van der Waals surface area contributed by atoms with Crippen molar-refractivity contribution in [2.24, 2.45) is 5.92 Å². The minimum Gasteiger partial charge on any atom is -0.465 e. The number of ether oxygens (including phenoxy) is 2. The number of nitrogens with one attached hydrogen (secondary N) is 3. The molecule has 3 N–H and O–H groups in total. The highest BCUT2D eigenvalue weighted by Crippen LogP contribution is 2.28. The van der Waals surface area contributed by atoms with Crippen LogP contribution in [0.5, 0.6) is 0 Å². The maximum absolute atomic E-state index is 13.7. The smallest absolute Gasteiger partial charge is 0.325 e. The quantitative estimate of drug-likeness (QED) is 0.141. The van der Waals surface area contributed by atoms with Gasteiger partial charge in [-0.3, -0.25) is 24.0 Å². The number of carbonyl (C=O) groups is 5. The van der Waals surface area contributed by atoms with Gasteiger partial charge in [-0.25, -0.2) is 0 Å². The standard InChI is InChI=1S/C32H40ClN3O7S/c1-3-43-28(37)18-34-32(41)29(38)27(20-42-19-22-12-8-5-9-13-22)36-31(40)26(16-21-10-6-4-7-11-21)35-30(39)24-17-23(44-2)14-15-25(24)33/h5,8-9,12-15,17,21,26-27H,3-4,6-7,10-11,16,18-20H2,1-2H3,(H,34,41)(H,35,39)(H,36,40)/t26-,27-/m0/s1. The number of Topliss-reactive ketones (excluding diaryl/α,β-unsaturated/α-hetero) is 1. The number of esters is 1. The number of halogens is 1. The zero-order valence-corrected chi connectivity index (χ0v) is 26.6. The van der Waals surface area contributed by atoms with Crippen LogP contribution in [0.3, 0.4) is 0 Å². The van der Waals surface area contributed by atoms with Crippen LogP contribution >= 0.6 is 23.4 Å². The van der Waals surface area contributed by atoms with E-state index in [1.54, 1.807) is 25.1 Å². The Hall–Kier alpha value is -3.41. The fraction of sp³-hybridized carbons (Fsp3) is 0.469.